The Morgan fingerprint density at radius 3 is 3.11 bits per heavy atom. The van der Waals surface area contributed by atoms with Crippen LogP contribution >= 0.6 is 0 Å². The van der Waals surface area contributed by atoms with Gasteiger partial charge in [-0.25, -0.2) is 0 Å². The lowest BCUT2D eigenvalue weighted by Gasteiger charge is -2.34. The van der Waals surface area contributed by atoms with Crippen molar-refractivity contribution in [2.45, 2.75) is 26.0 Å². The van der Waals surface area contributed by atoms with Gasteiger partial charge in [0.2, 0.25) is 0 Å². The molecule has 0 aliphatic carbocycles. The fourth-order valence-corrected chi connectivity index (χ4v) is 2.22. The smallest absolute Gasteiger partial charge is 0.253 e. The minimum atomic E-state index is -0.300. The highest BCUT2D eigenvalue weighted by molar-refractivity contribution is 5.94. The standard InChI is InChI=1S/C13H19N3O2/c1-9-8-16(5-3-12(9)17)13(18)10-2-4-15-11(6-10)7-14/h2,4,6,9,12,17H,3,5,7-8,14H2,1H3. The van der Waals surface area contributed by atoms with Gasteiger partial charge >= 0.3 is 0 Å². The van der Waals surface area contributed by atoms with Crippen LogP contribution in [0, 0.1) is 5.92 Å². The van der Waals surface area contributed by atoms with Gasteiger partial charge in [0.05, 0.1) is 11.8 Å². The van der Waals surface area contributed by atoms with Crippen LogP contribution in [-0.4, -0.2) is 40.1 Å². The fraction of sp³-hybridized carbons (Fsp3) is 0.538. The van der Waals surface area contributed by atoms with Gasteiger partial charge in [-0.3, -0.25) is 9.78 Å². The molecule has 98 valence electrons. The fourth-order valence-electron chi connectivity index (χ4n) is 2.22. The summed E-state index contributed by atoms with van der Waals surface area (Å²) in [6, 6.07) is 3.44. The third-order valence-electron chi connectivity index (χ3n) is 3.42. The van der Waals surface area contributed by atoms with E-state index in [9.17, 15) is 9.90 Å². The number of amides is 1. The molecule has 5 heteroatoms. The van der Waals surface area contributed by atoms with Crippen LogP contribution in [0.5, 0.6) is 0 Å². The Morgan fingerprint density at radius 1 is 1.67 bits per heavy atom. The summed E-state index contributed by atoms with van der Waals surface area (Å²) in [5, 5.41) is 9.67. The molecule has 5 nitrogen and oxygen atoms in total. The predicted octanol–water partition coefficient (Wildman–Crippen LogP) is 0.383. The zero-order valence-electron chi connectivity index (χ0n) is 10.5. The van der Waals surface area contributed by atoms with Crippen LogP contribution in [0.15, 0.2) is 18.3 Å². The molecule has 2 atom stereocenters. The average molecular weight is 249 g/mol. The van der Waals surface area contributed by atoms with Crippen molar-refractivity contribution in [3.63, 3.8) is 0 Å². The van der Waals surface area contributed by atoms with Crippen molar-refractivity contribution in [3.05, 3.63) is 29.6 Å². The lowest BCUT2D eigenvalue weighted by atomic mass is 9.96. The van der Waals surface area contributed by atoms with Gasteiger partial charge in [-0.2, -0.15) is 0 Å². The van der Waals surface area contributed by atoms with E-state index >= 15 is 0 Å². The summed E-state index contributed by atoms with van der Waals surface area (Å²) in [5.74, 6) is 0.115. The van der Waals surface area contributed by atoms with E-state index in [1.54, 1.807) is 23.2 Å². The molecule has 0 spiro atoms. The molecule has 0 aromatic carbocycles. The summed E-state index contributed by atoms with van der Waals surface area (Å²) in [6.45, 7) is 3.49. The molecule has 1 saturated heterocycles. The van der Waals surface area contributed by atoms with Crippen LogP contribution in [0.2, 0.25) is 0 Å². The maximum absolute atomic E-state index is 12.3. The predicted molar refractivity (Wildman–Crippen MR) is 67.8 cm³/mol. The number of likely N-dealkylation sites (tertiary alicyclic amines) is 1. The van der Waals surface area contributed by atoms with Crippen molar-refractivity contribution in [3.8, 4) is 0 Å². The van der Waals surface area contributed by atoms with Crippen molar-refractivity contribution in [2.24, 2.45) is 11.7 Å². The molecular formula is C13H19N3O2. The van der Waals surface area contributed by atoms with E-state index < -0.39 is 0 Å². The van der Waals surface area contributed by atoms with Crippen LogP contribution in [0.3, 0.4) is 0 Å². The highest BCUT2D eigenvalue weighted by Gasteiger charge is 2.27. The number of nitrogens with zero attached hydrogens (tertiary/aromatic N) is 2. The van der Waals surface area contributed by atoms with Crippen LogP contribution < -0.4 is 5.73 Å². The number of pyridine rings is 1. The Kier molecular flexibility index (Phi) is 3.93. The van der Waals surface area contributed by atoms with E-state index in [4.69, 9.17) is 5.73 Å². The Morgan fingerprint density at radius 2 is 2.44 bits per heavy atom. The Balaban J connectivity index is 2.11. The molecule has 18 heavy (non-hydrogen) atoms. The average Bonchev–Trinajstić information content (AvgIpc) is 2.41. The van der Waals surface area contributed by atoms with Gasteiger partial charge in [0.1, 0.15) is 0 Å². The SMILES string of the molecule is CC1CN(C(=O)c2ccnc(CN)c2)CCC1O. The van der Waals surface area contributed by atoms with Gasteiger partial charge in [-0.1, -0.05) is 6.92 Å². The van der Waals surface area contributed by atoms with Crippen molar-refractivity contribution >= 4 is 5.91 Å². The van der Waals surface area contributed by atoms with E-state index in [1.807, 2.05) is 6.92 Å². The summed E-state index contributed by atoms with van der Waals surface area (Å²) in [7, 11) is 0. The minimum absolute atomic E-state index is 0.00847. The summed E-state index contributed by atoms with van der Waals surface area (Å²) in [5.41, 5.74) is 6.85. The molecule has 1 aromatic heterocycles. The summed E-state index contributed by atoms with van der Waals surface area (Å²) in [4.78, 5) is 18.2. The number of aliphatic hydroxyl groups is 1. The Labute approximate surface area is 107 Å². The monoisotopic (exact) mass is 249 g/mol. The minimum Gasteiger partial charge on any atom is -0.393 e. The molecule has 0 radical (unpaired) electrons. The maximum atomic E-state index is 12.3. The number of carbonyl (C=O) groups excluding carboxylic acids is 1. The van der Waals surface area contributed by atoms with E-state index in [0.29, 0.717) is 37.3 Å². The second kappa shape index (κ2) is 5.46. The van der Waals surface area contributed by atoms with Gasteiger partial charge in [0.15, 0.2) is 0 Å². The Bertz CT molecular complexity index is 436. The van der Waals surface area contributed by atoms with E-state index in [2.05, 4.69) is 4.98 Å². The number of aliphatic hydroxyl groups excluding tert-OH is 1. The number of hydrogen-bond acceptors (Lipinski definition) is 4. The molecule has 3 N–H and O–H groups in total. The number of hydrogen-bond donors (Lipinski definition) is 2. The van der Waals surface area contributed by atoms with Gasteiger partial charge in [-0.15, -0.1) is 0 Å². The lowest BCUT2D eigenvalue weighted by Crippen LogP contribution is -2.45. The first kappa shape index (κ1) is 13.0. The number of piperidine rings is 1. The molecular weight excluding hydrogens is 230 g/mol. The first-order valence-electron chi connectivity index (χ1n) is 6.24. The normalized spacial score (nSPS) is 24.1. The third-order valence-corrected chi connectivity index (χ3v) is 3.42. The number of nitrogens with two attached hydrogens (primary N) is 1. The first-order chi connectivity index (χ1) is 8.61. The topological polar surface area (TPSA) is 79.5 Å². The summed E-state index contributed by atoms with van der Waals surface area (Å²) >= 11 is 0. The molecule has 1 aliphatic rings. The van der Waals surface area contributed by atoms with E-state index in [0.717, 1.165) is 0 Å². The van der Waals surface area contributed by atoms with E-state index in [-0.39, 0.29) is 17.9 Å². The molecule has 1 aromatic rings. The van der Waals surface area contributed by atoms with Crippen molar-refractivity contribution < 1.29 is 9.90 Å². The summed E-state index contributed by atoms with van der Waals surface area (Å²) in [6.07, 6.45) is 1.95. The van der Waals surface area contributed by atoms with Gasteiger partial charge in [-0.05, 0) is 24.5 Å². The molecule has 1 amide bonds. The van der Waals surface area contributed by atoms with Crippen LogP contribution in [0.1, 0.15) is 29.4 Å². The molecule has 2 rings (SSSR count). The van der Waals surface area contributed by atoms with Gasteiger partial charge in [0, 0.05) is 31.4 Å². The van der Waals surface area contributed by atoms with Gasteiger partial charge in [0.25, 0.3) is 5.91 Å². The Hall–Kier alpha value is -1.46. The zero-order chi connectivity index (χ0) is 13.1. The van der Waals surface area contributed by atoms with E-state index in [1.165, 1.54) is 0 Å². The van der Waals surface area contributed by atoms with Gasteiger partial charge < -0.3 is 15.7 Å². The number of carbonyl (C=O) groups is 1. The zero-order valence-corrected chi connectivity index (χ0v) is 10.5. The highest BCUT2D eigenvalue weighted by atomic mass is 16.3. The van der Waals surface area contributed by atoms with Crippen LogP contribution in [-0.2, 0) is 6.54 Å². The van der Waals surface area contributed by atoms with Crippen LogP contribution in [0.4, 0.5) is 0 Å². The largest absolute Gasteiger partial charge is 0.393 e. The number of aromatic nitrogens is 1. The first-order valence-corrected chi connectivity index (χ1v) is 6.24. The van der Waals surface area contributed by atoms with Crippen molar-refractivity contribution in [1.82, 2.24) is 9.88 Å². The second-order valence-corrected chi connectivity index (χ2v) is 4.82. The van der Waals surface area contributed by atoms with Crippen LogP contribution in [0.25, 0.3) is 0 Å². The lowest BCUT2D eigenvalue weighted by molar-refractivity contribution is 0.0297. The molecule has 2 unspecified atom stereocenters. The second-order valence-electron chi connectivity index (χ2n) is 4.82. The molecule has 0 saturated carbocycles. The van der Waals surface area contributed by atoms with Crippen molar-refractivity contribution in [2.75, 3.05) is 13.1 Å². The summed E-state index contributed by atoms with van der Waals surface area (Å²) < 4.78 is 0. The van der Waals surface area contributed by atoms with Crippen molar-refractivity contribution in [1.29, 1.82) is 0 Å². The molecule has 0 bridgehead atoms. The quantitative estimate of drug-likeness (QED) is 0.794. The highest BCUT2D eigenvalue weighted by Crippen LogP contribution is 2.18. The number of rotatable bonds is 2. The molecule has 2 heterocycles. The third kappa shape index (κ3) is 2.68. The molecule has 1 aliphatic heterocycles. The maximum Gasteiger partial charge on any atom is 0.253 e. The molecule has 1 fully saturated rings.